The van der Waals surface area contributed by atoms with E-state index in [4.69, 9.17) is 0 Å². The Morgan fingerprint density at radius 3 is 3.00 bits per heavy atom. The molecule has 0 radical (unpaired) electrons. The Kier molecular flexibility index (Phi) is 3.86. The van der Waals surface area contributed by atoms with Crippen LogP contribution in [0.3, 0.4) is 0 Å². The molecule has 1 aromatic rings. The summed E-state index contributed by atoms with van der Waals surface area (Å²) in [5, 5.41) is 8.13. The molecule has 5 nitrogen and oxygen atoms in total. The second-order valence-electron chi connectivity index (χ2n) is 4.13. The molecule has 2 rings (SSSR count). The minimum absolute atomic E-state index is 0.00780. The summed E-state index contributed by atoms with van der Waals surface area (Å²) in [6.45, 7) is 3.16. The Balaban J connectivity index is 1.94. The number of nitrogens with one attached hydrogen (secondary N) is 2. The minimum Gasteiger partial charge on any atom is -0.316 e. The molecule has 0 saturated carbocycles. The summed E-state index contributed by atoms with van der Waals surface area (Å²) in [5.74, 6) is -0.0869. The van der Waals surface area contributed by atoms with Gasteiger partial charge in [-0.15, -0.1) is 11.3 Å². The van der Waals surface area contributed by atoms with Gasteiger partial charge in [-0.05, 0) is 19.4 Å². The molecule has 1 saturated heterocycles. The summed E-state index contributed by atoms with van der Waals surface area (Å²) in [6.07, 6.45) is 1.93. The molecule has 0 aromatic carbocycles. The van der Waals surface area contributed by atoms with Crippen molar-refractivity contribution in [2.45, 2.75) is 19.8 Å². The van der Waals surface area contributed by atoms with Crippen molar-refractivity contribution in [3.05, 3.63) is 11.1 Å². The first kappa shape index (κ1) is 12.2. The van der Waals surface area contributed by atoms with Crippen molar-refractivity contribution in [3.63, 3.8) is 0 Å². The maximum Gasteiger partial charge on any atom is 0.230 e. The van der Waals surface area contributed by atoms with Crippen LogP contribution in [0.4, 0.5) is 5.13 Å². The number of anilines is 1. The molecule has 2 N–H and O–H groups in total. The maximum atomic E-state index is 11.9. The number of rotatable bonds is 3. The van der Waals surface area contributed by atoms with Crippen molar-refractivity contribution < 1.29 is 9.59 Å². The van der Waals surface area contributed by atoms with Crippen LogP contribution in [0.15, 0.2) is 5.38 Å². The average molecular weight is 253 g/mol. The fourth-order valence-electron chi connectivity index (χ4n) is 1.78. The van der Waals surface area contributed by atoms with Crippen molar-refractivity contribution in [1.82, 2.24) is 10.3 Å². The monoisotopic (exact) mass is 253 g/mol. The zero-order valence-electron chi connectivity index (χ0n) is 9.66. The van der Waals surface area contributed by atoms with Crippen LogP contribution < -0.4 is 10.6 Å². The molecule has 0 spiro atoms. The molecule has 0 unspecified atom stereocenters. The highest BCUT2D eigenvalue weighted by atomic mass is 32.1. The second-order valence-corrected chi connectivity index (χ2v) is 4.98. The van der Waals surface area contributed by atoms with E-state index in [0.717, 1.165) is 25.9 Å². The van der Waals surface area contributed by atoms with E-state index < -0.39 is 0 Å². The highest BCUT2D eigenvalue weighted by Gasteiger charge is 2.21. The zero-order chi connectivity index (χ0) is 12.3. The summed E-state index contributed by atoms with van der Waals surface area (Å²) in [6, 6.07) is 0. The van der Waals surface area contributed by atoms with Crippen LogP contribution in [0.25, 0.3) is 0 Å². The number of ketones is 1. The zero-order valence-corrected chi connectivity index (χ0v) is 10.5. The fraction of sp³-hybridized carbons (Fsp3) is 0.545. The third-order valence-electron chi connectivity index (χ3n) is 2.76. The van der Waals surface area contributed by atoms with Gasteiger partial charge in [0.25, 0.3) is 0 Å². The Hall–Kier alpha value is -1.27. The number of aromatic nitrogens is 1. The third-order valence-corrected chi connectivity index (χ3v) is 3.52. The summed E-state index contributed by atoms with van der Waals surface area (Å²) < 4.78 is 0. The molecule has 0 aliphatic carbocycles. The van der Waals surface area contributed by atoms with E-state index >= 15 is 0 Å². The molecule has 1 aromatic heterocycles. The second kappa shape index (κ2) is 5.37. The lowest BCUT2D eigenvalue weighted by molar-refractivity contribution is -0.120. The summed E-state index contributed by atoms with van der Waals surface area (Å²) in [7, 11) is 0. The van der Waals surface area contributed by atoms with E-state index in [1.54, 1.807) is 5.38 Å². The molecule has 0 bridgehead atoms. The molecular weight excluding hydrogens is 238 g/mol. The molecule has 1 aliphatic rings. The van der Waals surface area contributed by atoms with Gasteiger partial charge in [-0.3, -0.25) is 9.59 Å². The molecule has 17 heavy (non-hydrogen) atoms. The van der Waals surface area contributed by atoms with E-state index in [2.05, 4.69) is 15.6 Å². The van der Waals surface area contributed by atoms with E-state index in [-0.39, 0.29) is 17.6 Å². The van der Waals surface area contributed by atoms with Gasteiger partial charge < -0.3 is 10.6 Å². The van der Waals surface area contributed by atoms with Gasteiger partial charge in [-0.1, -0.05) is 0 Å². The first-order valence-corrected chi connectivity index (χ1v) is 6.53. The van der Waals surface area contributed by atoms with Crippen molar-refractivity contribution >= 4 is 28.2 Å². The number of hydrogen-bond donors (Lipinski definition) is 2. The highest BCUT2D eigenvalue weighted by molar-refractivity contribution is 7.14. The standard InChI is InChI=1S/C11H15N3O2S/c1-7(15)9-6-17-11(13-9)14-10(16)8-3-2-4-12-5-8/h6,8,12H,2-5H2,1H3,(H,13,14,16)/t8-/m1/s1. The number of hydrogen-bond acceptors (Lipinski definition) is 5. The van der Waals surface area contributed by atoms with Crippen molar-refractivity contribution in [3.8, 4) is 0 Å². The topological polar surface area (TPSA) is 71.1 Å². The Morgan fingerprint density at radius 2 is 2.41 bits per heavy atom. The lowest BCUT2D eigenvalue weighted by atomic mass is 9.99. The first-order chi connectivity index (χ1) is 8.16. The van der Waals surface area contributed by atoms with Crippen LogP contribution in [0.2, 0.25) is 0 Å². The smallest absolute Gasteiger partial charge is 0.230 e. The number of thiazole rings is 1. The summed E-state index contributed by atoms with van der Waals surface area (Å²) in [5.41, 5.74) is 0.409. The van der Waals surface area contributed by atoms with Gasteiger partial charge in [-0.2, -0.15) is 0 Å². The van der Waals surface area contributed by atoms with Crippen LogP contribution in [0, 0.1) is 5.92 Å². The number of Topliss-reactive ketones (excluding diaryl/α,β-unsaturated/α-hetero) is 1. The van der Waals surface area contributed by atoms with E-state index in [9.17, 15) is 9.59 Å². The summed E-state index contributed by atoms with van der Waals surface area (Å²) in [4.78, 5) is 27.0. The SMILES string of the molecule is CC(=O)c1csc(NC(=O)[C@@H]2CCCNC2)n1. The first-order valence-electron chi connectivity index (χ1n) is 5.65. The normalized spacial score (nSPS) is 19.9. The predicted octanol–water partition coefficient (Wildman–Crippen LogP) is 1.28. The van der Waals surface area contributed by atoms with Crippen molar-refractivity contribution in [1.29, 1.82) is 0 Å². The minimum atomic E-state index is -0.0823. The predicted molar refractivity (Wildman–Crippen MR) is 66.3 cm³/mol. The number of carbonyl (C=O) groups is 2. The van der Waals surface area contributed by atoms with Crippen molar-refractivity contribution in [2.75, 3.05) is 18.4 Å². The highest BCUT2D eigenvalue weighted by Crippen LogP contribution is 2.18. The Morgan fingerprint density at radius 1 is 1.59 bits per heavy atom. The number of carbonyl (C=O) groups excluding carboxylic acids is 2. The summed E-state index contributed by atoms with van der Waals surface area (Å²) >= 11 is 1.29. The van der Waals surface area contributed by atoms with E-state index in [1.807, 2.05) is 0 Å². The Bertz CT molecular complexity index is 424. The van der Waals surface area contributed by atoms with Gasteiger partial charge in [-0.25, -0.2) is 4.98 Å². The quantitative estimate of drug-likeness (QED) is 0.796. The van der Waals surface area contributed by atoms with Gasteiger partial charge in [0.2, 0.25) is 5.91 Å². The van der Waals surface area contributed by atoms with Gasteiger partial charge in [0.1, 0.15) is 5.69 Å². The number of piperidine rings is 1. The molecule has 1 amide bonds. The van der Waals surface area contributed by atoms with Gasteiger partial charge >= 0.3 is 0 Å². The lowest BCUT2D eigenvalue weighted by Gasteiger charge is -2.21. The van der Waals surface area contributed by atoms with Crippen LogP contribution in [-0.2, 0) is 4.79 Å². The number of nitrogens with zero attached hydrogens (tertiary/aromatic N) is 1. The van der Waals surface area contributed by atoms with Crippen LogP contribution >= 0.6 is 11.3 Å². The lowest BCUT2D eigenvalue weighted by Crippen LogP contribution is -2.37. The molecule has 1 aliphatic heterocycles. The van der Waals surface area contributed by atoms with Crippen LogP contribution in [0.1, 0.15) is 30.3 Å². The van der Waals surface area contributed by atoms with Gasteiger partial charge in [0.05, 0.1) is 5.92 Å². The molecule has 92 valence electrons. The number of amides is 1. The van der Waals surface area contributed by atoms with E-state index in [1.165, 1.54) is 18.3 Å². The molecular formula is C11H15N3O2S. The molecule has 1 fully saturated rings. The fourth-order valence-corrected chi connectivity index (χ4v) is 2.53. The van der Waals surface area contributed by atoms with Crippen LogP contribution in [-0.4, -0.2) is 29.8 Å². The van der Waals surface area contributed by atoms with Crippen LogP contribution in [0.5, 0.6) is 0 Å². The van der Waals surface area contributed by atoms with Gasteiger partial charge in [0.15, 0.2) is 10.9 Å². The molecule has 1 atom stereocenters. The Labute approximate surface area is 104 Å². The molecule has 2 heterocycles. The van der Waals surface area contributed by atoms with Gasteiger partial charge in [0, 0.05) is 18.8 Å². The van der Waals surface area contributed by atoms with E-state index in [0.29, 0.717) is 10.8 Å². The average Bonchev–Trinajstić information content (AvgIpc) is 2.79. The third kappa shape index (κ3) is 3.10. The molecule has 6 heteroatoms. The maximum absolute atomic E-state index is 11.9. The largest absolute Gasteiger partial charge is 0.316 e. The van der Waals surface area contributed by atoms with Crippen molar-refractivity contribution in [2.24, 2.45) is 5.92 Å².